The summed E-state index contributed by atoms with van der Waals surface area (Å²) in [7, 11) is 2.56. The molecule has 2 heterocycles. The molecular formula is C28H25ClF5N3O4S. The molecule has 4 rings (SSSR count). The number of fused-ring (bicyclic) bond motifs is 1. The molecule has 224 valence electrons. The fourth-order valence-electron chi connectivity index (χ4n) is 4.45. The van der Waals surface area contributed by atoms with Gasteiger partial charge in [0, 0.05) is 29.0 Å². The minimum absolute atomic E-state index is 0.0128. The molecule has 0 saturated heterocycles. The zero-order valence-electron chi connectivity index (χ0n) is 22.4. The summed E-state index contributed by atoms with van der Waals surface area (Å²) in [5, 5.41) is 13.3. The predicted molar refractivity (Wildman–Crippen MR) is 152 cm³/mol. The first-order chi connectivity index (χ1) is 19.9. The number of thioether (sulfide) groups is 1. The number of nitrogens with one attached hydrogen (secondary N) is 1. The molecule has 0 aliphatic carbocycles. The Hall–Kier alpha value is -3.55. The van der Waals surface area contributed by atoms with Crippen LogP contribution in [0.2, 0.25) is 5.02 Å². The van der Waals surface area contributed by atoms with Crippen molar-refractivity contribution in [1.29, 1.82) is 0 Å². The van der Waals surface area contributed by atoms with Gasteiger partial charge in [-0.15, -0.1) is 0 Å². The Morgan fingerprint density at radius 1 is 1.10 bits per heavy atom. The number of hydrogen-bond acceptors (Lipinski definition) is 7. The molecule has 0 fully saturated rings. The van der Waals surface area contributed by atoms with Crippen LogP contribution in [0.4, 0.5) is 27.6 Å². The van der Waals surface area contributed by atoms with Crippen LogP contribution < -0.4 is 20.3 Å². The Morgan fingerprint density at radius 2 is 1.83 bits per heavy atom. The number of rotatable bonds is 10. The van der Waals surface area contributed by atoms with Crippen LogP contribution in [0.25, 0.3) is 16.6 Å². The molecule has 2 aromatic carbocycles. The van der Waals surface area contributed by atoms with E-state index in [1.807, 2.05) is 0 Å². The minimum atomic E-state index is -5.24. The average molecular weight is 630 g/mol. The molecule has 0 spiro atoms. The van der Waals surface area contributed by atoms with Gasteiger partial charge in [-0.05, 0) is 41.6 Å². The van der Waals surface area contributed by atoms with E-state index in [9.17, 15) is 27.5 Å². The van der Waals surface area contributed by atoms with Crippen LogP contribution in [-0.2, 0) is 0 Å². The van der Waals surface area contributed by atoms with Crippen LogP contribution in [-0.4, -0.2) is 52.2 Å². The fourth-order valence-corrected chi connectivity index (χ4v) is 5.56. The zero-order valence-corrected chi connectivity index (χ0v) is 24.0. The maximum Gasteiger partial charge on any atom is 0.420 e. The molecule has 0 aliphatic heterocycles. The molecule has 2 aromatic heterocycles. The van der Waals surface area contributed by atoms with Crippen molar-refractivity contribution in [2.45, 2.75) is 24.7 Å². The lowest BCUT2D eigenvalue weighted by atomic mass is 9.88. The Bertz CT molecular complexity index is 1650. The van der Waals surface area contributed by atoms with Crippen LogP contribution in [0, 0.1) is 11.6 Å². The molecule has 42 heavy (non-hydrogen) atoms. The van der Waals surface area contributed by atoms with Crippen molar-refractivity contribution < 1.29 is 36.5 Å². The highest BCUT2D eigenvalue weighted by atomic mass is 35.5. The topological polar surface area (TPSA) is 85.6 Å². The highest BCUT2D eigenvalue weighted by molar-refractivity contribution is 7.99. The molecule has 0 bridgehead atoms. The summed E-state index contributed by atoms with van der Waals surface area (Å²) >= 11 is 7.01. The lowest BCUT2D eigenvalue weighted by Crippen LogP contribution is -2.54. The maximum atomic E-state index is 15.1. The Morgan fingerprint density at radius 3 is 2.43 bits per heavy atom. The third kappa shape index (κ3) is 5.86. The van der Waals surface area contributed by atoms with Gasteiger partial charge in [-0.3, -0.25) is 9.36 Å². The highest BCUT2D eigenvalue weighted by Gasteiger charge is 2.59. The van der Waals surface area contributed by atoms with E-state index in [1.54, 1.807) is 6.92 Å². The molecule has 2 atom stereocenters. The molecular weight excluding hydrogens is 605 g/mol. The van der Waals surface area contributed by atoms with Crippen LogP contribution in [0.5, 0.6) is 11.6 Å². The smallest absolute Gasteiger partial charge is 0.420 e. The van der Waals surface area contributed by atoms with Crippen LogP contribution >= 0.6 is 23.4 Å². The Kier molecular flexibility index (Phi) is 9.24. The van der Waals surface area contributed by atoms with Crippen molar-refractivity contribution in [2.75, 3.05) is 31.0 Å². The normalized spacial score (nSPS) is 14.0. The quantitative estimate of drug-likeness (QED) is 0.193. The molecule has 7 nitrogen and oxygen atoms in total. The summed E-state index contributed by atoms with van der Waals surface area (Å²) in [4.78, 5) is 17.0. The van der Waals surface area contributed by atoms with Gasteiger partial charge in [0.25, 0.3) is 5.56 Å². The standard InChI is InChI=1S/C28H25ClF5N3O4S/c1-4-42-14-27(39,28(32,33)34)26(18-6-8-21(40-2)25(31)24(18)29)36-19-11-15(30)12-20-17(19)7-10-23(38)37(20)16-5-9-22(41-3)35-13-16/h5-13,26,36,39H,4,14H2,1-3H3. The summed E-state index contributed by atoms with van der Waals surface area (Å²) in [6.07, 6.45) is -3.93. The van der Waals surface area contributed by atoms with Gasteiger partial charge in [0.2, 0.25) is 5.88 Å². The van der Waals surface area contributed by atoms with Crippen molar-refractivity contribution in [3.05, 3.63) is 87.3 Å². The number of methoxy groups -OCH3 is 2. The van der Waals surface area contributed by atoms with E-state index in [0.717, 1.165) is 53.8 Å². The lowest BCUT2D eigenvalue weighted by Gasteiger charge is -2.39. The van der Waals surface area contributed by atoms with Crippen molar-refractivity contribution in [2.24, 2.45) is 0 Å². The number of hydrogen-bond donors (Lipinski definition) is 2. The number of ether oxygens (including phenoxy) is 2. The van der Waals surface area contributed by atoms with Gasteiger partial charge in [0.1, 0.15) is 5.82 Å². The highest BCUT2D eigenvalue weighted by Crippen LogP contribution is 2.47. The van der Waals surface area contributed by atoms with Crippen molar-refractivity contribution in [3.8, 4) is 17.3 Å². The SMILES string of the molecule is CCSCC(O)(C(Nc1cc(F)cc2c1ccc(=O)n2-c1ccc(OC)nc1)c1ccc(OC)c(F)c1Cl)C(F)(F)F. The van der Waals surface area contributed by atoms with Crippen LogP contribution in [0.3, 0.4) is 0 Å². The van der Waals surface area contributed by atoms with E-state index in [-0.39, 0.29) is 39.7 Å². The molecule has 2 N–H and O–H groups in total. The van der Waals surface area contributed by atoms with Gasteiger partial charge < -0.3 is 19.9 Å². The number of alkyl halides is 3. The van der Waals surface area contributed by atoms with E-state index >= 15 is 4.39 Å². The molecule has 2 unspecified atom stereocenters. The molecule has 0 saturated carbocycles. The van der Waals surface area contributed by atoms with Gasteiger partial charge in [0.15, 0.2) is 17.2 Å². The molecule has 4 aromatic rings. The average Bonchev–Trinajstić information content (AvgIpc) is 2.95. The van der Waals surface area contributed by atoms with E-state index in [0.29, 0.717) is 0 Å². The lowest BCUT2D eigenvalue weighted by molar-refractivity contribution is -0.256. The van der Waals surface area contributed by atoms with Crippen LogP contribution in [0.1, 0.15) is 18.5 Å². The second-order valence-corrected chi connectivity index (χ2v) is 10.7. The second-order valence-electron chi connectivity index (χ2n) is 9.07. The Balaban J connectivity index is 1.98. The first-order valence-corrected chi connectivity index (χ1v) is 13.9. The number of aliphatic hydroxyl groups is 1. The second kappa shape index (κ2) is 12.4. The van der Waals surface area contributed by atoms with Gasteiger partial charge in [-0.25, -0.2) is 13.8 Å². The van der Waals surface area contributed by atoms with Gasteiger partial charge in [-0.1, -0.05) is 24.6 Å². The summed E-state index contributed by atoms with van der Waals surface area (Å²) in [5.41, 5.74) is -4.54. The third-order valence-corrected chi connectivity index (χ3v) is 8.00. The number of benzene rings is 2. The van der Waals surface area contributed by atoms with Crippen molar-refractivity contribution in [3.63, 3.8) is 0 Å². The largest absolute Gasteiger partial charge is 0.494 e. The van der Waals surface area contributed by atoms with E-state index in [1.165, 1.54) is 31.5 Å². The molecule has 14 heteroatoms. The summed E-state index contributed by atoms with van der Waals surface area (Å²) in [6.45, 7) is 1.61. The fraction of sp³-hybridized carbons (Fsp3) is 0.286. The number of pyridine rings is 2. The molecule has 0 amide bonds. The number of aromatic nitrogens is 2. The predicted octanol–water partition coefficient (Wildman–Crippen LogP) is 6.53. The van der Waals surface area contributed by atoms with Crippen molar-refractivity contribution in [1.82, 2.24) is 9.55 Å². The van der Waals surface area contributed by atoms with Gasteiger partial charge in [0.05, 0.1) is 42.7 Å². The monoisotopic (exact) mass is 629 g/mol. The van der Waals surface area contributed by atoms with E-state index in [4.69, 9.17) is 21.1 Å². The third-order valence-electron chi connectivity index (χ3n) is 6.57. The first-order valence-electron chi connectivity index (χ1n) is 12.4. The van der Waals surface area contributed by atoms with Gasteiger partial charge in [-0.2, -0.15) is 24.9 Å². The molecule has 0 aliphatic rings. The number of halogens is 6. The number of anilines is 1. The van der Waals surface area contributed by atoms with Gasteiger partial charge >= 0.3 is 6.18 Å². The maximum absolute atomic E-state index is 15.1. The van der Waals surface area contributed by atoms with Crippen molar-refractivity contribution >= 4 is 40.0 Å². The summed E-state index contributed by atoms with van der Waals surface area (Å²) in [6, 6.07) is 7.40. The van der Waals surface area contributed by atoms with E-state index < -0.39 is 51.4 Å². The zero-order chi connectivity index (χ0) is 30.8. The number of nitrogens with zero attached hydrogens (tertiary/aromatic N) is 2. The molecule has 0 radical (unpaired) electrons. The summed E-state index contributed by atoms with van der Waals surface area (Å²) in [5.74, 6) is -2.75. The van der Waals surface area contributed by atoms with Crippen LogP contribution in [0.15, 0.2) is 59.5 Å². The van der Waals surface area contributed by atoms with E-state index in [2.05, 4.69) is 10.3 Å². The summed E-state index contributed by atoms with van der Waals surface area (Å²) < 4.78 is 85.0. The minimum Gasteiger partial charge on any atom is -0.494 e. The first kappa shape index (κ1) is 31.4. The Labute approximate surface area is 246 Å².